The Morgan fingerprint density at radius 1 is 0.362 bits per heavy atom. The summed E-state index contributed by atoms with van der Waals surface area (Å²) in [5, 5.41) is 83.8. The lowest BCUT2D eigenvalue weighted by atomic mass is 9.86. The highest BCUT2D eigenvalue weighted by molar-refractivity contribution is 6.10. The first kappa shape index (κ1) is 87.9. The van der Waals surface area contributed by atoms with E-state index in [1.807, 2.05) is 30.3 Å². The average Bonchev–Trinajstić information content (AvgIpc) is 0.769. The van der Waals surface area contributed by atoms with Gasteiger partial charge in [-0.3, -0.25) is 0 Å². The topological polar surface area (TPSA) is 371 Å². The quantitative estimate of drug-likeness (QED) is 0.0318. The van der Waals surface area contributed by atoms with Gasteiger partial charge in [-0.2, -0.15) is 0 Å². The molecule has 658 valence electrons. The number of hydrogen-bond acceptors (Lipinski definition) is 23. The molecule has 130 heavy (non-hydrogen) atoms. The number of aromatic hydroxyl groups is 6. The zero-order valence-corrected chi connectivity index (χ0v) is 69.6. The Morgan fingerprint density at radius 3 is 1.11 bits per heavy atom. The van der Waals surface area contributed by atoms with Crippen molar-refractivity contribution in [3.8, 4) is 75.4 Å². The van der Waals surface area contributed by atoms with Crippen LogP contribution in [0.3, 0.4) is 0 Å². The van der Waals surface area contributed by atoms with E-state index in [2.05, 4.69) is 23.7 Å². The third kappa shape index (κ3) is 19.2. The standard InChI is InChI=1S/C20H19FO4.C19H18O4.C17H14O4.2C16H9FO4.C15H11FO3/c1-20(21)8-6-13(7-9-20)24-14-3-5-16-17(11-14)15-4-2-12(22)10-18(15)25-19(16)23;20-12-6-8-15-17-11-14(22-13-4-2-1-3-5-13)7-9-16(17)19(21)23-18(15)10-12;18-10-4-6-13-15-9-12(20-11-2-1-3-11)5-7-14(15)17(19)21-16(13)8-10;17-15-9(2-1-7-18)3-5-12-14(15)11-6-4-10(19)8-13(11)21-16(12)20;17-13-7-12-11-6-9(2-1-5-18)3-4-10(11)16(20)21-15(12)8-14(13)19;1-8(16)9-2-4-12-13(6-9)11-5-3-10(17)7-14(11)19-15(12)18/h2-5,10-11,13,22H,6-9H2,1H3;6-11,13,20H,1-5H2;4-9,11,18H,1-3H2;3-6,8,18-19H,7H2;3-4,6-8,18-19H,5H2;2-8,17H,1H3. The van der Waals surface area contributed by atoms with Crippen LogP contribution < -0.4 is 48.0 Å². The summed E-state index contributed by atoms with van der Waals surface area (Å²) in [5.41, 5.74) is -1.36. The molecule has 0 spiro atoms. The molecule has 23 nitrogen and oxygen atoms in total. The molecule has 3 aliphatic carbocycles. The van der Waals surface area contributed by atoms with E-state index < -0.39 is 63.0 Å². The van der Waals surface area contributed by atoms with Crippen molar-refractivity contribution < 1.29 is 99.1 Å². The lowest BCUT2D eigenvalue weighted by Gasteiger charge is -2.31. The molecule has 3 aliphatic rings. The Kier molecular flexibility index (Phi) is 25.4. The Bertz CT molecular complexity index is 8020. The second kappa shape index (κ2) is 37.5. The second-order valence-electron chi connectivity index (χ2n) is 31.9. The van der Waals surface area contributed by atoms with E-state index in [4.69, 9.17) is 50.9 Å². The number of rotatable bonds is 7. The summed E-state index contributed by atoms with van der Waals surface area (Å²) in [4.78, 5) is 71.9. The second-order valence-corrected chi connectivity index (χ2v) is 31.9. The van der Waals surface area contributed by atoms with Crippen molar-refractivity contribution >= 4 is 130 Å². The van der Waals surface area contributed by atoms with E-state index in [1.165, 1.54) is 99.3 Å². The smallest absolute Gasteiger partial charge is 0.344 e. The molecule has 0 saturated heterocycles. The minimum Gasteiger partial charge on any atom is -0.508 e. The molecule has 1 unspecified atom stereocenters. The fourth-order valence-electron chi connectivity index (χ4n) is 16.0. The summed E-state index contributed by atoms with van der Waals surface area (Å²) < 4.78 is 105. The zero-order chi connectivity index (χ0) is 91.3. The van der Waals surface area contributed by atoms with Crippen LogP contribution in [0.15, 0.2) is 262 Å². The van der Waals surface area contributed by atoms with Crippen molar-refractivity contribution in [3.05, 3.63) is 297 Å². The van der Waals surface area contributed by atoms with Gasteiger partial charge in [-0.1, -0.05) is 36.2 Å². The van der Waals surface area contributed by atoms with Gasteiger partial charge in [-0.25, -0.2) is 46.3 Å². The van der Waals surface area contributed by atoms with Gasteiger partial charge in [0.2, 0.25) is 0 Å². The Labute approximate surface area is 732 Å². The number of aliphatic hydroxyl groups excluding tert-OH is 2. The third-order valence-corrected chi connectivity index (χ3v) is 22.9. The number of alkyl halides is 2. The molecule has 6 heterocycles. The van der Waals surface area contributed by atoms with Crippen molar-refractivity contribution in [1.29, 1.82) is 0 Å². The van der Waals surface area contributed by atoms with Crippen LogP contribution in [-0.4, -0.2) is 78.0 Å². The van der Waals surface area contributed by atoms with Crippen LogP contribution in [0.5, 0.6) is 51.7 Å². The summed E-state index contributed by atoms with van der Waals surface area (Å²) in [6, 6.07) is 53.7. The van der Waals surface area contributed by atoms with Crippen LogP contribution in [0, 0.1) is 35.3 Å². The van der Waals surface area contributed by atoms with Crippen molar-refractivity contribution in [3.63, 3.8) is 0 Å². The molecule has 0 radical (unpaired) electrons. The molecule has 3 saturated carbocycles. The molecule has 8 N–H and O–H groups in total. The van der Waals surface area contributed by atoms with Crippen molar-refractivity contribution in [2.45, 2.75) is 121 Å². The van der Waals surface area contributed by atoms with Gasteiger partial charge in [0.15, 0.2) is 11.6 Å². The maximum atomic E-state index is 14.6. The molecule has 0 aliphatic heterocycles. The zero-order valence-electron chi connectivity index (χ0n) is 69.6. The highest BCUT2D eigenvalue weighted by atomic mass is 19.1. The van der Waals surface area contributed by atoms with Gasteiger partial charge in [0, 0.05) is 107 Å². The van der Waals surface area contributed by atoms with Crippen LogP contribution in [0.4, 0.5) is 17.6 Å². The molecule has 21 rings (SSSR count). The molecule has 6 aromatic heterocycles. The molecular weight excluding hydrogens is 1680 g/mol. The Hall–Kier alpha value is -15.6. The van der Waals surface area contributed by atoms with Gasteiger partial charge in [0.05, 0.1) is 56.2 Å². The first-order valence-electron chi connectivity index (χ1n) is 41.7. The normalized spacial score (nSPS) is 15.2. The molecule has 0 amide bonds. The molecule has 1 atom stereocenters. The maximum Gasteiger partial charge on any atom is 0.344 e. The first-order valence-corrected chi connectivity index (χ1v) is 41.7. The molecule has 3 fully saturated rings. The highest BCUT2D eigenvalue weighted by Crippen LogP contribution is 2.40. The fraction of sp³-hybridized carbons (Fsp3) is 0.204. The van der Waals surface area contributed by atoms with Gasteiger partial charge >= 0.3 is 33.8 Å². The number of phenols is 6. The SMILES string of the molecule is CC(F)c1ccc2c(=O)oc3cc(O)ccc3c2c1.CC1(F)CCC(Oc2ccc3c(=O)oc4cc(O)ccc4c3c2)CC1.O=c1oc2cc(O)c(F)cc2c2cc(C#CCO)ccc12.O=c1oc2cc(O)ccc2c2c(F)c(C#CCO)ccc12.O=c1oc2cc(O)ccc2c2cc(OC3CCC3)ccc12.O=c1oc2cc(O)ccc2c2cc(OC3CCCCC3)ccc12. The molecule has 27 heteroatoms. The number of fused-ring (bicyclic) bond motifs is 18. The van der Waals surface area contributed by atoms with Crippen LogP contribution in [0.2, 0.25) is 0 Å². The number of halogens is 4. The summed E-state index contributed by atoms with van der Waals surface area (Å²) in [7, 11) is 0. The number of aliphatic hydroxyl groups is 2. The van der Waals surface area contributed by atoms with E-state index in [0.717, 1.165) is 81.6 Å². The lowest BCUT2D eigenvalue weighted by molar-refractivity contribution is 0.0580. The molecule has 18 aromatic rings. The summed E-state index contributed by atoms with van der Waals surface area (Å²) in [6.45, 7) is 2.42. The van der Waals surface area contributed by atoms with Crippen LogP contribution >= 0.6 is 0 Å². The van der Waals surface area contributed by atoms with Gasteiger partial charge in [0.25, 0.3) is 0 Å². The van der Waals surface area contributed by atoms with Gasteiger partial charge in [-0.15, -0.1) is 0 Å². The summed E-state index contributed by atoms with van der Waals surface area (Å²) in [6.07, 6.45) is 11.0. The van der Waals surface area contributed by atoms with Crippen molar-refractivity contribution in [2.24, 2.45) is 0 Å². The maximum absolute atomic E-state index is 14.6. The summed E-state index contributed by atoms with van der Waals surface area (Å²) in [5.74, 6) is 10.4. The first-order chi connectivity index (χ1) is 62.6. The van der Waals surface area contributed by atoms with Crippen LogP contribution in [0.1, 0.15) is 114 Å². The van der Waals surface area contributed by atoms with E-state index >= 15 is 0 Å². The number of ether oxygens (including phenoxy) is 3. The van der Waals surface area contributed by atoms with Gasteiger partial charge in [0.1, 0.15) is 110 Å². The van der Waals surface area contributed by atoms with E-state index in [9.17, 15) is 77.0 Å². The Morgan fingerprint density at radius 2 is 0.700 bits per heavy atom. The monoisotopic (exact) mass is 1760 g/mol. The molecule has 12 aromatic carbocycles. The van der Waals surface area contributed by atoms with E-state index in [1.54, 1.807) is 104 Å². The third-order valence-electron chi connectivity index (χ3n) is 22.9. The largest absolute Gasteiger partial charge is 0.508 e. The predicted octanol–water partition coefficient (Wildman–Crippen LogP) is 20.6. The van der Waals surface area contributed by atoms with Crippen molar-refractivity contribution in [2.75, 3.05) is 13.2 Å². The van der Waals surface area contributed by atoms with Crippen molar-refractivity contribution in [1.82, 2.24) is 0 Å². The average molecular weight is 1760 g/mol. The minimum atomic E-state index is -1.11. The van der Waals surface area contributed by atoms with E-state index in [0.29, 0.717) is 119 Å². The number of hydrogen-bond donors (Lipinski definition) is 8. The predicted molar refractivity (Wildman–Crippen MR) is 485 cm³/mol. The highest BCUT2D eigenvalue weighted by Gasteiger charge is 2.32. The minimum absolute atomic E-state index is 0.0169. The Balaban J connectivity index is 0.000000114. The number of phenolic OH excluding ortho intramolecular Hbond substituents is 6. The lowest BCUT2D eigenvalue weighted by Crippen LogP contribution is -2.31. The number of benzene rings is 12. The molecule has 0 bridgehead atoms. The van der Waals surface area contributed by atoms with Gasteiger partial charge in [-0.05, 0) is 254 Å². The van der Waals surface area contributed by atoms with E-state index in [-0.39, 0.29) is 87.8 Å². The molecular formula is C103H80F4O23. The van der Waals surface area contributed by atoms with Gasteiger partial charge < -0.3 is 81.6 Å². The van der Waals surface area contributed by atoms with Crippen LogP contribution in [0.25, 0.3) is 130 Å². The van der Waals surface area contributed by atoms with Crippen LogP contribution in [-0.2, 0) is 0 Å². The summed E-state index contributed by atoms with van der Waals surface area (Å²) >= 11 is 0. The fourth-order valence-corrected chi connectivity index (χ4v) is 16.0.